The van der Waals surface area contributed by atoms with Crippen LogP contribution in [0.3, 0.4) is 0 Å². The van der Waals surface area contributed by atoms with Crippen LogP contribution < -0.4 is 15.4 Å². The Kier molecular flexibility index (Phi) is 9.25. The number of amides is 1. The lowest BCUT2D eigenvalue weighted by Crippen LogP contribution is -2.14. The number of rotatable bonds is 12. The smallest absolute Gasteiger partial charge is 0.224 e. The number of carbonyl (C=O) groups is 1. The molecule has 2 rings (SSSR count). The van der Waals surface area contributed by atoms with Crippen molar-refractivity contribution in [2.75, 3.05) is 23.8 Å². The number of hydrogen-bond donors (Lipinski definition) is 2. The van der Waals surface area contributed by atoms with Gasteiger partial charge < -0.3 is 15.4 Å². The van der Waals surface area contributed by atoms with Gasteiger partial charge in [-0.25, -0.2) is 9.97 Å². The van der Waals surface area contributed by atoms with Crippen LogP contribution in [0.15, 0.2) is 30.3 Å². The predicted octanol–water partition coefficient (Wildman–Crippen LogP) is 4.88. The number of benzene rings is 1. The molecule has 152 valence electrons. The summed E-state index contributed by atoms with van der Waals surface area (Å²) >= 11 is 0. The molecule has 0 fully saturated rings. The van der Waals surface area contributed by atoms with Gasteiger partial charge in [0, 0.05) is 30.0 Å². The zero-order valence-electron chi connectivity index (χ0n) is 17.3. The third-order valence-electron chi connectivity index (χ3n) is 4.25. The summed E-state index contributed by atoms with van der Waals surface area (Å²) in [5.41, 5.74) is 2.65. The van der Waals surface area contributed by atoms with Crippen LogP contribution in [0, 0.1) is 13.8 Å². The van der Waals surface area contributed by atoms with Gasteiger partial charge in [-0.3, -0.25) is 4.79 Å². The molecule has 0 aliphatic carbocycles. The number of hydrogen-bond acceptors (Lipinski definition) is 5. The maximum Gasteiger partial charge on any atom is 0.224 e. The van der Waals surface area contributed by atoms with E-state index in [1.165, 1.54) is 19.3 Å². The lowest BCUT2D eigenvalue weighted by molar-refractivity contribution is -0.116. The number of nitrogens with zero attached hydrogens (tertiary/aromatic N) is 2. The Bertz CT molecular complexity index is 712. The van der Waals surface area contributed by atoms with Crippen molar-refractivity contribution in [3.8, 4) is 5.75 Å². The molecule has 0 saturated heterocycles. The zero-order chi connectivity index (χ0) is 20.2. The Balaban J connectivity index is 1.64. The van der Waals surface area contributed by atoms with Gasteiger partial charge in [-0.1, -0.05) is 26.2 Å². The highest BCUT2D eigenvalue weighted by molar-refractivity contribution is 5.90. The molecule has 0 aliphatic rings. The van der Waals surface area contributed by atoms with Crippen molar-refractivity contribution >= 4 is 17.5 Å². The minimum absolute atomic E-state index is 0.00336. The first-order chi connectivity index (χ1) is 13.6. The van der Waals surface area contributed by atoms with Crippen LogP contribution in [0.1, 0.15) is 56.8 Å². The third kappa shape index (κ3) is 8.37. The molecular weight excluding hydrogens is 352 g/mol. The molecule has 2 aromatic rings. The molecule has 0 spiro atoms. The molecule has 0 aliphatic heterocycles. The second-order valence-corrected chi connectivity index (χ2v) is 6.99. The van der Waals surface area contributed by atoms with E-state index >= 15 is 0 Å². The second-order valence-electron chi connectivity index (χ2n) is 6.99. The van der Waals surface area contributed by atoms with Crippen LogP contribution in [0.4, 0.5) is 11.6 Å². The molecule has 0 radical (unpaired) electrons. The van der Waals surface area contributed by atoms with Crippen LogP contribution in [-0.4, -0.2) is 29.0 Å². The minimum Gasteiger partial charge on any atom is -0.494 e. The molecule has 28 heavy (non-hydrogen) atoms. The topological polar surface area (TPSA) is 76.1 Å². The molecule has 0 atom stereocenters. The van der Waals surface area contributed by atoms with E-state index in [4.69, 9.17) is 4.74 Å². The fourth-order valence-electron chi connectivity index (χ4n) is 2.83. The van der Waals surface area contributed by atoms with Gasteiger partial charge in [0.1, 0.15) is 5.75 Å². The summed E-state index contributed by atoms with van der Waals surface area (Å²) in [5, 5.41) is 6.08. The summed E-state index contributed by atoms with van der Waals surface area (Å²) in [7, 11) is 0. The summed E-state index contributed by atoms with van der Waals surface area (Å²) in [6.07, 6.45) is 5.91. The second kappa shape index (κ2) is 12.0. The molecule has 0 bridgehead atoms. The Morgan fingerprint density at radius 1 is 1.00 bits per heavy atom. The summed E-state index contributed by atoms with van der Waals surface area (Å²) in [5.74, 6) is 1.45. The van der Waals surface area contributed by atoms with Gasteiger partial charge in [0.25, 0.3) is 0 Å². The summed E-state index contributed by atoms with van der Waals surface area (Å²) in [6.45, 7) is 7.47. The van der Waals surface area contributed by atoms with Crippen LogP contribution in [0.2, 0.25) is 0 Å². The largest absolute Gasteiger partial charge is 0.494 e. The molecule has 1 aromatic heterocycles. The van der Waals surface area contributed by atoms with Crippen molar-refractivity contribution in [1.82, 2.24) is 9.97 Å². The lowest BCUT2D eigenvalue weighted by Gasteiger charge is -2.09. The maximum absolute atomic E-state index is 12.1. The fourth-order valence-corrected chi connectivity index (χ4v) is 2.83. The van der Waals surface area contributed by atoms with Crippen molar-refractivity contribution in [3.63, 3.8) is 0 Å². The molecule has 0 saturated carbocycles. The Morgan fingerprint density at radius 3 is 2.39 bits per heavy atom. The maximum atomic E-state index is 12.1. The van der Waals surface area contributed by atoms with E-state index in [2.05, 4.69) is 27.5 Å². The van der Waals surface area contributed by atoms with Gasteiger partial charge in [-0.2, -0.15) is 0 Å². The Hall–Kier alpha value is -2.63. The summed E-state index contributed by atoms with van der Waals surface area (Å²) in [6, 6.07) is 9.48. The van der Waals surface area contributed by atoms with E-state index < -0.39 is 0 Å². The highest BCUT2D eigenvalue weighted by Crippen LogP contribution is 2.16. The Morgan fingerprint density at radius 2 is 1.71 bits per heavy atom. The Labute approximate surface area is 168 Å². The number of ether oxygens (including phenoxy) is 1. The number of nitrogens with one attached hydrogen (secondary N) is 2. The van der Waals surface area contributed by atoms with Crippen molar-refractivity contribution in [2.24, 2.45) is 0 Å². The van der Waals surface area contributed by atoms with E-state index in [9.17, 15) is 4.79 Å². The average Bonchev–Trinajstić information content (AvgIpc) is 2.66. The minimum atomic E-state index is -0.00336. The van der Waals surface area contributed by atoms with Gasteiger partial charge in [0.15, 0.2) is 0 Å². The fraction of sp³-hybridized carbons (Fsp3) is 0.500. The highest BCUT2D eigenvalue weighted by Gasteiger charge is 2.04. The van der Waals surface area contributed by atoms with Gasteiger partial charge in [-0.15, -0.1) is 0 Å². The number of carbonyl (C=O) groups excluding carboxylic acids is 1. The summed E-state index contributed by atoms with van der Waals surface area (Å²) < 4.78 is 5.72. The third-order valence-corrected chi connectivity index (χ3v) is 4.25. The van der Waals surface area contributed by atoms with Crippen LogP contribution in [0.25, 0.3) is 0 Å². The first-order valence-corrected chi connectivity index (χ1v) is 10.2. The normalized spacial score (nSPS) is 10.5. The van der Waals surface area contributed by atoms with Gasteiger partial charge >= 0.3 is 0 Å². The number of aromatic nitrogens is 2. The number of aryl methyl sites for hydroxylation is 2. The molecule has 1 heterocycles. The standard InChI is InChI=1S/C22H32N4O2/c1-4-5-6-7-15-28-20-12-10-19(11-13-20)26-21(27)9-8-14-23-22-24-17(2)16-18(3)25-22/h10-13,16H,4-9,14-15H2,1-3H3,(H,26,27)(H,23,24,25). The van der Waals surface area contributed by atoms with E-state index in [-0.39, 0.29) is 5.91 Å². The molecule has 0 unspecified atom stereocenters. The molecular formula is C22H32N4O2. The molecule has 2 N–H and O–H groups in total. The molecule has 6 heteroatoms. The zero-order valence-corrected chi connectivity index (χ0v) is 17.3. The predicted molar refractivity (Wildman–Crippen MR) is 114 cm³/mol. The molecule has 1 amide bonds. The van der Waals surface area contributed by atoms with Crippen LogP contribution in [-0.2, 0) is 4.79 Å². The van der Waals surface area contributed by atoms with Gasteiger partial charge in [0.2, 0.25) is 11.9 Å². The highest BCUT2D eigenvalue weighted by atomic mass is 16.5. The average molecular weight is 385 g/mol. The first-order valence-electron chi connectivity index (χ1n) is 10.2. The molecule has 6 nitrogen and oxygen atoms in total. The van der Waals surface area contributed by atoms with Crippen LogP contribution in [0.5, 0.6) is 5.75 Å². The summed E-state index contributed by atoms with van der Waals surface area (Å²) in [4.78, 5) is 20.7. The number of anilines is 2. The lowest BCUT2D eigenvalue weighted by atomic mass is 10.2. The van der Waals surface area contributed by atoms with Crippen molar-refractivity contribution in [1.29, 1.82) is 0 Å². The van der Waals surface area contributed by atoms with E-state index in [1.807, 2.05) is 44.2 Å². The van der Waals surface area contributed by atoms with Crippen molar-refractivity contribution in [2.45, 2.75) is 59.3 Å². The van der Waals surface area contributed by atoms with E-state index in [0.29, 0.717) is 25.3 Å². The van der Waals surface area contributed by atoms with E-state index in [1.54, 1.807) is 0 Å². The monoisotopic (exact) mass is 384 g/mol. The van der Waals surface area contributed by atoms with Crippen molar-refractivity contribution in [3.05, 3.63) is 41.7 Å². The molecule has 1 aromatic carbocycles. The van der Waals surface area contributed by atoms with Crippen molar-refractivity contribution < 1.29 is 9.53 Å². The number of unbranched alkanes of at least 4 members (excludes halogenated alkanes) is 3. The first kappa shape index (κ1) is 21.7. The van der Waals surface area contributed by atoms with Gasteiger partial charge in [-0.05, 0) is 57.0 Å². The van der Waals surface area contributed by atoms with Crippen LogP contribution >= 0.6 is 0 Å². The van der Waals surface area contributed by atoms with E-state index in [0.717, 1.165) is 35.9 Å². The SMILES string of the molecule is CCCCCCOc1ccc(NC(=O)CCCNc2nc(C)cc(C)n2)cc1. The van der Waals surface area contributed by atoms with Gasteiger partial charge in [0.05, 0.1) is 6.61 Å². The quantitative estimate of drug-likeness (QED) is 0.510.